The van der Waals surface area contributed by atoms with Crippen molar-refractivity contribution in [1.29, 1.82) is 0 Å². The summed E-state index contributed by atoms with van der Waals surface area (Å²) in [5.74, 6) is -1.81. The Balaban J connectivity index is 3.28. The van der Waals surface area contributed by atoms with Gasteiger partial charge in [-0.05, 0) is 12.1 Å². The van der Waals surface area contributed by atoms with Crippen molar-refractivity contribution < 1.29 is 27.8 Å². The van der Waals surface area contributed by atoms with E-state index in [-0.39, 0.29) is 15.7 Å². The first-order chi connectivity index (χ1) is 7.70. The number of carbonyl (C=O) groups excluding carboxylic acids is 1. The topological polar surface area (TPSA) is 138 Å². The van der Waals surface area contributed by atoms with Gasteiger partial charge < -0.3 is 9.90 Å². The summed E-state index contributed by atoms with van der Waals surface area (Å²) in [6, 6.07) is 2.56. The highest BCUT2D eigenvalue weighted by Crippen LogP contribution is 2.28. The van der Waals surface area contributed by atoms with Gasteiger partial charge in [0.05, 0.1) is 16.5 Å². The third kappa shape index (κ3) is 3.69. The quantitative estimate of drug-likeness (QED) is 0.347. The van der Waals surface area contributed by atoms with Crippen LogP contribution in [0.5, 0.6) is 0 Å². The summed E-state index contributed by atoms with van der Waals surface area (Å²) in [6.07, 6.45) is 0. The van der Waals surface area contributed by atoms with Crippen LogP contribution >= 0.6 is 10.8 Å². The third-order valence-electron chi connectivity index (χ3n) is 1.59. The molecule has 1 N–H and O–H groups in total. The molecule has 0 fully saturated rings. The summed E-state index contributed by atoms with van der Waals surface area (Å²) in [7, 11) is -4.45. The molecule has 0 aliphatic heterocycles. The molecule has 0 unspecified atom stereocenters. The van der Waals surface area contributed by atoms with Gasteiger partial charge in [-0.1, -0.05) is 0 Å². The second-order valence-corrected chi connectivity index (χ2v) is 5.99. The number of carboxylic acid groups (broad SMARTS) is 1. The van der Waals surface area contributed by atoms with E-state index in [4.69, 9.17) is 4.55 Å². The van der Waals surface area contributed by atoms with E-state index in [0.29, 0.717) is 0 Å². The number of hydrogen-bond acceptors (Lipinski definition) is 7. The molecule has 0 bridgehead atoms. The molecular weight excluding hydrogens is 274 g/mol. The van der Waals surface area contributed by atoms with E-state index in [1.54, 1.807) is 0 Å². The van der Waals surface area contributed by atoms with Crippen LogP contribution in [0.4, 0.5) is 5.69 Å². The molecule has 1 aromatic carbocycles. The molecule has 0 saturated carbocycles. The predicted molar refractivity (Wildman–Crippen MR) is 54.8 cm³/mol. The third-order valence-corrected chi connectivity index (χ3v) is 3.45. The molecule has 0 radical (unpaired) electrons. The second-order valence-electron chi connectivity index (χ2n) is 2.73. The normalized spacial score (nSPS) is 11.1. The standard InChI is InChI=1S/C7H5NO7S2/c9-7(10)5-3-4(16-17(13,14)15)1-2-6(5)8(11)12/h1-3H,(H,9,10)(H,13,14,15)/p-1. The molecule has 0 amide bonds. The van der Waals surface area contributed by atoms with Crippen LogP contribution in [0.1, 0.15) is 10.4 Å². The minimum atomic E-state index is -4.42. The summed E-state index contributed by atoms with van der Waals surface area (Å²) < 4.78 is 29.6. The Morgan fingerprint density at radius 1 is 1.41 bits per heavy atom. The van der Waals surface area contributed by atoms with E-state index >= 15 is 0 Å². The Labute approximate surface area is 98.6 Å². The van der Waals surface area contributed by atoms with Crippen LogP contribution in [-0.4, -0.2) is 23.9 Å². The monoisotopic (exact) mass is 278 g/mol. The van der Waals surface area contributed by atoms with E-state index in [1.807, 2.05) is 0 Å². The van der Waals surface area contributed by atoms with Crippen LogP contribution in [0.2, 0.25) is 0 Å². The van der Waals surface area contributed by atoms with Gasteiger partial charge in [-0.25, -0.2) is 0 Å². The lowest BCUT2D eigenvalue weighted by Gasteiger charge is -2.05. The van der Waals surface area contributed by atoms with Gasteiger partial charge in [-0.15, -0.1) is 0 Å². The van der Waals surface area contributed by atoms with Crippen molar-refractivity contribution in [1.82, 2.24) is 0 Å². The maximum atomic E-state index is 10.6. The van der Waals surface area contributed by atoms with E-state index < -0.39 is 31.3 Å². The molecule has 0 atom stereocenters. The van der Waals surface area contributed by atoms with Crippen LogP contribution in [0, 0.1) is 10.1 Å². The summed E-state index contributed by atoms with van der Waals surface area (Å²) in [6.45, 7) is 0. The van der Waals surface area contributed by atoms with Crippen molar-refractivity contribution in [2.24, 2.45) is 0 Å². The van der Waals surface area contributed by atoms with Crippen LogP contribution in [0.25, 0.3) is 0 Å². The summed E-state index contributed by atoms with van der Waals surface area (Å²) >= 11 is 0. The highest BCUT2D eigenvalue weighted by Gasteiger charge is 2.17. The molecule has 0 saturated heterocycles. The Hall–Kier alpha value is -1.65. The van der Waals surface area contributed by atoms with Gasteiger partial charge in [-0.3, -0.25) is 14.7 Å². The van der Waals surface area contributed by atoms with Crippen molar-refractivity contribution in [3.63, 3.8) is 0 Å². The molecule has 10 heteroatoms. The minimum absolute atomic E-state index is 0.0332. The fourth-order valence-electron chi connectivity index (χ4n) is 1.01. The first-order valence-corrected chi connectivity index (χ1v) is 6.65. The largest absolute Gasteiger partial charge is 0.545 e. The Kier molecular flexibility index (Phi) is 3.70. The van der Waals surface area contributed by atoms with Crippen molar-refractivity contribution in [2.45, 2.75) is 4.90 Å². The maximum Gasteiger partial charge on any atom is 0.324 e. The molecule has 8 nitrogen and oxygen atoms in total. The lowest BCUT2D eigenvalue weighted by atomic mass is 10.2. The maximum absolute atomic E-state index is 10.6. The molecule has 0 heterocycles. The van der Waals surface area contributed by atoms with Gasteiger partial charge in [0.25, 0.3) is 5.69 Å². The number of nitro benzene ring substituents is 1. The highest BCUT2D eigenvalue weighted by atomic mass is 33.1. The number of carboxylic acids is 1. The number of rotatable bonds is 4. The van der Waals surface area contributed by atoms with Crippen LogP contribution in [-0.2, 0) is 9.15 Å². The fraction of sp³-hybridized carbons (Fsp3) is 0. The number of carbonyl (C=O) groups is 1. The van der Waals surface area contributed by atoms with E-state index in [1.165, 1.54) is 0 Å². The zero-order valence-electron chi connectivity index (χ0n) is 7.89. The predicted octanol–water partition coefficient (Wildman–Crippen LogP) is -0.147. The smallest absolute Gasteiger partial charge is 0.324 e. The fourth-order valence-corrected chi connectivity index (χ4v) is 2.58. The first-order valence-electron chi connectivity index (χ1n) is 3.87. The van der Waals surface area contributed by atoms with E-state index in [2.05, 4.69) is 0 Å². The zero-order valence-corrected chi connectivity index (χ0v) is 9.53. The number of aromatic carboxylic acids is 1. The number of hydrogen-bond donors (Lipinski definition) is 1. The Morgan fingerprint density at radius 2 is 2.00 bits per heavy atom. The SMILES string of the molecule is O=C([O-])c1cc(SS(=O)(=O)O)ccc1[N+](=O)[O-]. The van der Waals surface area contributed by atoms with Crippen molar-refractivity contribution in [3.05, 3.63) is 33.9 Å². The number of nitro groups is 1. The van der Waals surface area contributed by atoms with Crippen LogP contribution in [0.3, 0.4) is 0 Å². The molecule has 0 aromatic heterocycles. The van der Waals surface area contributed by atoms with Gasteiger partial charge in [0, 0.05) is 21.8 Å². The minimum Gasteiger partial charge on any atom is -0.545 e. The summed E-state index contributed by atoms with van der Waals surface area (Å²) in [5, 5.41) is 21.1. The molecule has 0 spiro atoms. The Morgan fingerprint density at radius 3 is 2.41 bits per heavy atom. The molecule has 1 aromatic rings. The van der Waals surface area contributed by atoms with E-state index in [9.17, 15) is 28.4 Å². The average Bonchev–Trinajstić information content (AvgIpc) is 2.14. The number of benzene rings is 1. The van der Waals surface area contributed by atoms with Crippen molar-refractivity contribution >= 4 is 31.6 Å². The van der Waals surface area contributed by atoms with E-state index in [0.717, 1.165) is 18.2 Å². The molecule has 0 aliphatic carbocycles. The molecule has 1 rings (SSSR count). The summed E-state index contributed by atoms with van der Waals surface area (Å²) in [5.41, 5.74) is -1.48. The van der Waals surface area contributed by atoms with Gasteiger partial charge in [0.2, 0.25) is 0 Å². The first kappa shape index (κ1) is 13.4. The van der Waals surface area contributed by atoms with Crippen molar-refractivity contribution in [2.75, 3.05) is 0 Å². The molecule has 17 heavy (non-hydrogen) atoms. The van der Waals surface area contributed by atoms with Gasteiger partial charge in [-0.2, -0.15) is 8.42 Å². The lowest BCUT2D eigenvalue weighted by molar-refractivity contribution is -0.385. The van der Waals surface area contributed by atoms with Gasteiger partial charge in [0.15, 0.2) is 0 Å². The second kappa shape index (κ2) is 4.69. The molecule has 92 valence electrons. The highest BCUT2D eigenvalue weighted by molar-refractivity contribution is 8.69. The van der Waals surface area contributed by atoms with Crippen LogP contribution < -0.4 is 5.11 Å². The zero-order chi connectivity index (χ0) is 13.2. The average molecular weight is 278 g/mol. The van der Waals surface area contributed by atoms with Crippen LogP contribution in [0.15, 0.2) is 23.1 Å². The van der Waals surface area contributed by atoms with Crippen molar-refractivity contribution in [3.8, 4) is 0 Å². The molecule has 0 aliphatic rings. The molecular formula is C7H4NO7S2-. The number of nitrogens with zero attached hydrogens (tertiary/aromatic N) is 1. The summed E-state index contributed by atoms with van der Waals surface area (Å²) in [4.78, 5) is 20.0. The van der Waals surface area contributed by atoms with Gasteiger partial charge in [0.1, 0.15) is 0 Å². The lowest BCUT2D eigenvalue weighted by Crippen LogP contribution is -2.23. The van der Waals surface area contributed by atoms with Gasteiger partial charge >= 0.3 is 9.15 Å². The Bertz CT molecular complexity index is 580.